The Kier molecular flexibility index (Phi) is 5.01. The van der Waals surface area contributed by atoms with Crippen LogP contribution in [0.1, 0.15) is 0 Å². The van der Waals surface area contributed by atoms with E-state index in [1.165, 1.54) is 0 Å². The van der Waals surface area contributed by atoms with E-state index in [9.17, 15) is 0 Å². The molecule has 0 unspecified atom stereocenters. The molecule has 4 aromatic heterocycles. The Morgan fingerprint density at radius 3 is 1.53 bits per heavy atom. The molecule has 14 rings (SSSR count). The lowest BCUT2D eigenvalue weighted by molar-refractivity contribution is 0.463. The van der Waals surface area contributed by atoms with E-state index in [4.69, 9.17) is 22.7 Å². The van der Waals surface area contributed by atoms with Crippen molar-refractivity contribution in [2.45, 2.75) is 0 Å². The molecule has 55 heavy (non-hydrogen) atoms. The average molecular weight is 706 g/mol. The van der Waals surface area contributed by atoms with Gasteiger partial charge in [0.2, 0.25) is 0 Å². The van der Waals surface area contributed by atoms with Crippen LogP contribution in [0.25, 0.3) is 93.3 Å². The molecule has 0 atom stereocenters. The van der Waals surface area contributed by atoms with E-state index in [1.54, 1.807) is 0 Å². The Bertz CT molecular complexity index is 3680. The highest BCUT2D eigenvalue weighted by molar-refractivity contribution is 7.01. The molecule has 12 aromatic rings. The van der Waals surface area contributed by atoms with Crippen molar-refractivity contribution in [3.8, 4) is 28.7 Å². The van der Waals surface area contributed by atoms with Crippen LogP contribution in [0, 0.1) is 0 Å². The van der Waals surface area contributed by atoms with E-state index in [0.29, 0.717) is 17.1 Å². The van der Waals surface area contributed by atoms with E-state index in [-0.39, 0.29) is 0 Å². The maximum absolute atomic E-state index is 7.24. The number of ether oxygens (including phenoxy) is 2. The van der Waals surface area contributed by atoms with Crippen LogP contribution in [0.4, 0.5) is 0 Å². The molecule has 0 saturated carbocycles. The quantitative estimate of drug-likeness (QED) is 0.159. The molecule has 2 aliphatic heterocycles. The lowest BCUT2D eigenvalue weighted by atomic mass is 9.34. The van der Waals surface area contributed by atoms with Gasteiger partial charge in [0.15, 0.2) is 17.1 Å². The number of benzene rings is 8. The highest BCUT2D eigenvalue weighted by Gasteiger charge is 2.47. The van der Waals surface area contributed by atoms with Crippen LogP contribution in [0.2, 0.25) is 0 Å². The van der Waals surface area contributed by atoms with Gasteiger partial charge in [-0.2, -0.15) is 0 Å². The summed E-state index contributed by atoms with van der Waals surface area (Å²) in [4.78, 5) is 0. The van der Waals surface area contributed by atoms with Crippen molar-refractivity contribution in [1.29, 1.82) is 0 Å². The first-order valence-corrected chi connectivity index (χ1v) is 18.5. The van der Waals surface area contributed by atoms with Crippen molar-refractivity contribution in [2.75, 3.05) is 0 Å². The Labute approximate surface area is 311 Å². The van der Waals surface area contributed by atoms with Crippen LogP contribution < -0.4 is 25.9 Å². The van der Waals surface area contributed by atoms with Crippen LogP contribution >= 0.6 is 0 Å². The standard InChI is InChI=1S/C48H24BNO5/c1-2-13-25(14-3-1)50-30-19-8-4-15-26(30)36-37-27-16-5-9-20-31(27)51-44(37)41-47(43(36)50)54-34-23-12-24-35-40(34)49(41)42-45-38(28-17-6-10-21-32(28)52-45)39-29-18-7-11-22-33(29)53-46(39)48(42)55-35/h1-24H. The van der Waals surface area contributed by atoms with Gasteiger partial charge < -0.3 is 27.3 Å². The molecule has 0 N–H and O–H groups in total. The summed E-state index contributed by atoms with van der Waals surface area (Å²) in [7, 11) is 0. The van der Waals surface area contributed by atoms with Gasteiger partial charge in [0, 0.05) is 65.2 Å². The first-order chi connectivity index (χ1) is 27.3. The second-order valence-corrected chi connectivity index (χ2v) is 14.6. The predicted molar refractivity (Wildman–Crippen MR) is 220 cm³/mol. The van der Waals surface area contributed by atoms with Crippen molar-refractivity contribution in [2.24, 2.45) is 0 Å². The van der Waals surface area contributed by atoms with Crippen molar-refractivity contribution in [3.63, 3.8) is 0 Å². The largest absolute Gasteiger partial charge is 0.456 e. The number of hydrogen-bond acceptors (Lipinski definition) is 5. The molecule has 0 bridgehead atoms. The SMILES string of the molecule is c1ccc(-n2c3ccccc3c3c4c(oc5ccccc54)c4c(c32)Oc2cccc3c2B4c2c(c4oc5ccccc5c4c4c2oc2ccccc24)O3)cc1. The summed E-state index contributed by atoms with van der Waals surface area (Å²) >= 11 is 0. The highest BCUT2D eigenvalue weighted by atomic mass is 16.5. The van der Waals surface area contributed by atoms with Crippen LogP contribution in [0.5, 0.6) is 23.0 Å². The first kappa shape index (κ1) is 28.2. The Hall–Kier alpha value is -7.38. The molecular weight excluding hydrogens is 681 g/mol. The number of para-hydroxylation sites is 5. The minimum atomic E-state index is -0.394. The Morgan fingerprint density at radius 2 is 0.873 bits per heavy atom. The number of fused-ring (bicyclic) bond motifs is 22. The lowest BCUT2D eigenvalue weighted by Gasteiger charge is -2.33. The predicted octanol–water partition coefficient (Wildman–Crippen LogP) is 11.2. The fourth-order valence-corrected chi connectivity index (χ4v) is 9.80. The number of aromatic nitrogens is 1. The van der Waals surface area contributed by atoms with Gasteiger partial charge in [-0.05, 0) is 48.5 Å². The van der Waals surface area contributed by atoms with Crippen molar-refractivity contribution in [1.82, 2.24) is 4.57 Å². The molecular formula is C48H24BNO5. The molecule has 7 heteroatoms. The van der Waals surface area contributed by atoms with E-state index in [2.05, 4.69) is 102 Å². The van der Waals surface area contributed by atoms with Gasteiger partial charge in [-0.3, -0.25) is 0 Å². The molecule has 6 heterocycles. The average Bonchev–Trinajstić information content (AvgIpc) is 4.00. The maximum Gasteiger partial charge on any atom is 0.270 e. The molecule has 0 spiro atoms. The van der Waals surface area contributed by atoms with Crippen molar-refractivity contribution < 1.29 is 22.7 Å². The fourth-order valence-electron chi connectivity index (χ4n) is 9.80. The van der Waals surface area contributed by atoms with Crippen LogP contribution in [0.3, 0.4) is 0 Å². The second-order valence-electron chi connectivity index (χ2n) is 14.6. The zero-order valence-corrected chi connectivity index (χ0v) is 28.9. The van der Waals surface area contributed by atoms with Gasteiger partial charge in [-0.15, -0.1) is 0 Å². The van der Waals surface area contributed by atoms with Gasteiger partial charge in [-0.1, -0.05) is 97.1 Å². The monoisotopic (exact) mass is 705 g/mol. The van der Waals surface area contributed by atoms with Crippen molar-refractivity contribution in [3.05, 3.63) is 146 Å². The minimum absolute atomic E-state index is 0.394. The normalized spacial score (nSPS) is 13.3. The Balaban J connectivity index is 1.25. The third-order valence-electron chi connectivity index (χ3n) is 11.9. The highest BCUT2D eigenvalue weighted by Crippen LogP contribution is 2.50. The molecule has 0 fully saturated rings. The molecule has 6 nitrogen and oxygen atoms in total. The van der Waals surface area contributed by atoms with E-state index >= 15 is 0 Å². The number of hydrogen-bond donors (Lipinski definition) is 0. The zero-order valence-electron chi connectivity index (χ0n) is 28.9. The summed E-state index contributed by atoms with van der Waals surface area (Å²) < 4.78 is 37.5. The van der Waals surface area contributed by atoms with Gasteiger partial charge in [-0.25, -0.2) is 0 Å². The zero-order chi connectivity index (χ0) is 35.5. The molecule has 0 aliphatic carbocycles. The number of nitrogens with zero attached hydrogens (tertiary/aromatic N) is 1. The number of furan rings is 3. The van der Waals surface area contributed by atoms with Gasteiger partial charge in [0.1, 0.15) is 39.4 Å². The Morgan fingerprint density at radius 1 is 0.382 bits per heavy atom. The summed E-state index contributed by atoms with van der Waals surface area (Å²) in [5, 5.41) is 8.35. The maximum atomic E-state index is 7.24. The fraction of sp³-hybridized carbons (Fsp3) is 0. The van der Waals surface area contributed by atoms with E-state index < -0.39 is 6.71 Å². The van der Waals surface area contributed by atoms with Crippen molar-refractivity contribution >= 4 is 111 Å². The molecule has 0 amide bonds. The summed E-state index contributed by atoms with van der Waals surface area (Å²) in [6.45, 7) is -0.394. The first-order valence-electron chi connectivity index (χ1n) is 18.5. The van der Waals surface area contributed by atoms with Gasteiger partial charge >= 0.3 is 0 Å². The van der Waals surface area contributed by atoms with Crippen LogP contribution in [0.15, 0.2) is 159 Å². The number of rotatable bonds is 1. The third kappa shape index (κ3) is 3.34. The molecule has 0 saturated heterocycles. The molecule has 254 valence electrons. The second kappa shape index (κ2) is 9.78. The van der Waals surface area contributed by atoms with Crippen LogP contribution in [-0.4, -0.2) is 11.3 Å². The van der Waals surface area contributed by atoms with Gasteiger partial charge in [0.25, 0.3) is 6.71 Å². The molecule has 2 aliphatic rings. The summed E-state index contributed by atoms with van der Waals surface area (Å²) in [6, 6.07) is 50.0. The molecule has 0 radical (unpaired) electrons. The van der Waals surface area contributed by atoms with E-state index in [1.807, 2.05) is 48.5 Å². The minimum Gasteiger partial charge on any atom is -0.456 e. The smallest absolute Gasteiger partial charge is 0.270 e. The summed E-state index contributed by atoms with van der Waals surface area (Å²) in [6.07, 6.45) is 0. The van der Waals surface area contributed by atoms with E-state index in [0.717, 1.165) is 116 Å². The third-order valence-corrected chi connectivity index (χ3v) is 11.9. The topological polar surface area (TPSA) is 62.8 Å². The summed E-state index contributed by atoms with van der Waals surface area (Å²) in [5.74, 6) is 2.84. The van der Waals surface area contributed by atoms with Crippen LogP contribution in [-0.2, 0) is 0 Å². The lowest BCUT2D eigenvalue weighted by Crippen LogP contribution is -2.57. The van der Waals surface area contributed by atoms with Gasteiger partial charge in [0.05, 0.1) is 11.0 Å². The molecule has 8 aromatic carbocycles. The summed E-state index contributed by atoms with van der Waals surface area (Å²) in [5.41, 5.74) is 10.5.